The molecule has 0 heterocycles. The van der Waals surface area contributed by atoms with E-state index in [-0.39, 0.29) is 18.4 Å². The van der Waals surface area contributed by atoms with Crippen LogP contribution in [0.25, 0.3) is 0 Å². The Kier molecular flexibility index (Phi) is 9.10. The number of aliphatic hydroxyl groups is 1. The topological polar surface area (TPSA) is 96.9 Å². The zero-order chi connectivity index (χ0) is 18.7. The third kappa shape index (κ3) is 6.84. The van der Waals surface area contributed by atoms with E-state index in [1.165, 1.54) is 20.3 Å². The van der Waals surface area contributed by atoms with Crippen LogP contribution in [-0.2, 0) is 4.79 Å². The van der Waals surface area contributed by atoms with E-state index < -0.39 is 0 Å². The highest BCUT2D eigenvalue weighted by atomic mass is 16.5. The largest absolute Gasteiger partial charge is 0.493 e. The van der Waals surface area contributed by atoms with Crippen molar-refractivity contribution in [1.82, 2.24) is 10.6 Å². The molecular weight excluding hydrogens is 324 g/mol. The third-order valence-corrected chi connectivity index (χ3v) is 3.58. The molecule has 0 saturated carbocycles. The number of carbonyl (C=O) groups excluding carboxylic acids is 2. The average Bonchev–Trinajstić information content (AvgIpc) is 2.63. The van der Waals surface area contributed by atoms with Gasteiger partial charge in [-0.1, -0.05) is 6.08 Å². The first kappa shape index (κ1) is 20.5. The lowest BCUT2D eigenvalue weighted by molar-refractivity contribution is -0.117. The zero-order valence-electron chi connectivity index (χ0n) is 14.9. The van der Waals surface area contributed by atoms with E-state index in [9.17, 15) is 9.59 Å². The fourth-order valence-electron chi connectivity index (χ4n) is 2.10. The summed E-state index contributed by atoms with van der Waals surface area (Å²) in [5.41, 5.74) is 0.986. The summed E-state index contributed by atoms with van der Waals surface area (Å²) in [6.07, 6.45) is 2.94. The SMILES string of the molecule is COc1ccc(C(=O)NCCCCNC(=O)/C(C)=C/CO)cc1OC. The first-order valence-electron chi connectivity index (χ1n) is 8.09. The van der Waals surface area contributed by atoms with E-state index in [0.29, 0.717) is 35.7 Å². The van der Waals surface area contributed by atoms with Gasteiger partial charge in [0.15, 0.2) is 11.5 Å². The van der Waals surface area contributed by atoms with Crippen molar-refractivity contribution >= 4 is 11.8 Å². The van der Waals surface area contributed by atoms with Crippen molar-refractivity contribution in [3.05, 3.63) is 35.4 Å². The Bertz CT molecular complexity index is 613. The van der Waals surface area contributed by atoms with Gasteiger partial charge in [0.25, 0.3) is 5.91 Å². The fraction of sp³-hybridized carbons (Fsp3) is 0.444. The summed E-state index contributed by atoms with van der Waals surface area (Å²) < 4.78 is 10.3. The van der Waals surface area contributed by atoms with Crippen LogP contribution in [0.3, 0.4) is 0 Å². The Balaban J connectivity index is 2.31. The highest BCUT2D eigenvalue weighted by Gasteiger charge is 2.10. The molecule has 7 nitrogen and oxygen atoms in total. The van der Waals surface area contributed by atoms with Crippen molar-refractivity contribution in [3.63, 3.8) is 0 Å². The van der Waals surface area contributed by atoms with E-state index >= 15 is 0 Å². The molecule has 0 radical (unpaired) electrons. The number of rotatable bonds is 10. The van der Waals surface area contributed by atoms with Gasteiger partial charge in [-0.15, -0.1) is 0 Å². The van der Waals surface area contributed by atoms with Crippen molar-refractivity contribution in [3.8, 4) is 11.5 Å². The molecule has 0 bridgehead atoms. The number of methoxy groups -OCH3 is 2. The van der Waals surface area contributed by atoms with E-state index in [1.54, 1.807) is 25.1 Å². The summed E-state index contributed by atoms with van der Waals surface area (Å²) in [5.74, 6) is 0.694. The van der Waals surface area contributed by atoms with Crippen molar-refractivity contribution in [2.24, 2.45) is 0 Å². The first-order valence-corrected chi connectivity index (χ1v) is 8.09. The van der Waals surface area contributed by atoms with Crippen LogP contribution in [0.2, 0.25) is 0 Å². The molecule has 3 N–H and O–H groups in total. The van der Waals surface area contributed by atoms with Crippen molar-refractivity contribution < 1.29 is 24.2 Å². The van der Waals surface area contributed by atoms with E-state index in [0.717, 1.165) is 12.8 Å². The van der Waals surface area contributed by atoms with Crippen LogP contribution in [0.4, 0.5) is 0 Å². The summed E-state index contributed by atoms with van der Waals surface area (Å²) in [5, 5.41) is 14.3. The van der Waals surface area contributed by atoms with Gasteiger partial charge in [0.05, 0.1) is 20.8 Å². The van der Waals surface area contributed by atoms with Gasteiger partial charge < -0.3 is 25.2 Å². The number of benzene rings is 1. The van der Waals surface area contributed by atoms with Crippen LogP contribution < -0.4 is 20.1 Å². The molecule has 138 valence electrons. The highest BCUT2D eigenvalue weighted by Crippen LogP contribution is 2.27. The molecular formula is C18H26N2O5. The molecule has 0 aliphatic heterocycles. The molecule has 0 aliphatic carbocycles. The molecule has 1 aromatic carbocycles. The number of unbranched alkanes of at least 4 members (excludes halogenated alkanes) is 1. The molecule has 0 unspecified atom stereocenters. The summed E-state index contributed by atoms with van der Waals surface area (Å²) in [6.45, 7) is 2.52. The quantitative estimate of drug-likeness (QED) is 0.436. The Morgan fingerprint density at radius 1 is 1.08 bits per heavy atom. The van der Waals surface area contributed by atoms with Crippen LogP contribution in [0.1, 0.15) is 30.1 Å². The molecule has 0 spiro atoms. The molecule has 0 atom stereocenters. The van der Waals surface area contributed by atoms with Crippen LogP contribution in [0.15, 0.2) is 29.8 Å². The standard InChI is InChI=1S/C18H26N2O5/c1-13(8-11-21)17(22)19-9-4-5-10-20-18(23)14-6-7-15(24-2)16(12-14)25-3/h6-8,12,21H,4-5,9-11H2,1-3H3,(H,19,22)(H,20,23)/b13-8+. The Morgan fingerprint density at radius 2 is 1.72 bits per heavy atom. The summed E-state index contributed by atoms with van der Waals surface area (Å²) >= 11 is 0. The molecule has 0 fully saturated rings. The lowest BCUT2D eigenvalue weighted by Gasteiger charge is -2.10. The Labute approximate surface area is 148 Å². The number of nitrogens with one attached hydrogen (secondary N) is 2. The molecule has 0 aliphatic rings. The normalized spacial score (nSPS) is 11.0. The van der Waals surface area contributed by atoms with Crippen molar-refractivity contribution in [2.45, 2.75) is 19.8 Å². The van der Waals surface area contributed by atoms with E-state index in [1.807, 2.05) is 0 Å². The van der Waals surface area contributed by atoms with E-state index in [4.69, 9.17) is 14.6 Å². The van der Waals surface area contributed by atoms with Crippen LogP contribution in [0.5, 0.6) is 11.5 Å². The molecule has 0 saturated heterocycles. The molecule has 7 heteroatoms. The van der Waals surface area contributed by atoms with Crippen LogP contribution in [-0.4, -0.2) is 50.8 Å². The molecule has 1 aromatic rings. The first-order chi connectivity index (χ1) is 12.0. The average molecular weight is 350 g/mol. The van der Waals surface area contributed by atoms with Gasteiger partial charge in [-0.2, -0.15) is 0 Å². The second-order valence-corrected chi connectivity index (χ2v) is 5.36. The maximum absolute atomic E-state index is 12.1. The molecule has 0 aromatic heterocycles. The zero-order valence-corrected chi connectivity index (χ0v) is 14.9. The van der Waals surface area contributed by atoms with Gasteiger partial charge in [0.1, 0.15) is 0 Å². The van der Waals surface area contributed by atoms with Gasteiger partial charge in [0.2, 0.25) is 5.91 Å². The summed E-state index contributed by atoms with van der Waals surface area (Å²) in [4.78, 5) is 23.7. The lowest BCUT2D eigenvalue weighted by Crippen LogP contribution is -2.27. The predicted octanol–water partition coefficient (Wildman–Crippen LogP) is 1.27. The van der Waals surface area contributed by atoms with Crippen molar-refractivity contribution in [2.75, 3.05) is 33.9 Å². The number of ether oxygens (including phenoxy) is 2. The second kappa shape index (κ2) is 11.1. The minimum atomic E-state index is -0.191. The number of aliphatic hydroxyl groups excluding tert-OH is 1. The van der Waals surface area contributed by atoms with Gasteiger partial charge in [-0.3, -0.25) is 9.59 Å². The number of hydrogen-bond acceptors (Lipinski definition) is 5. The molecule has 2 amide bonds. The lowest BCUT2D eigenvalue weighted by atomic mass is 10.2. The van der Waals surface area contributed by atoms with Gasteiger partial charge >= 0.3 is 0 Å². The summed E-state index contributed by atoms with van der Waals surface area (Å²) in [6, 6.07) is 4.99. The van der Waals surface area contributed by atoms with Gasteiger partial charge in [0, 0.05) is 24.2 Å². The minimum Gasteiger partial charge on any atom is -0.493 e. The minimum absolute atomic E-state index is 0.151. The molecule has 25 heavy (non-hydrogen) atoms. The second-order valence-electron chi connectivity index (χ2n) is 5.36. The maximum atomic E-state index is 12.1. The van der Waals surface area contributed by atoms with Crippen molar-refractivity contribution in [1.29, 1.82) is 0 Å². The van der Waals surface area contributed by atoms with Gasteiger partial charge in [-0.05, 0) is 38.0 Å². The number of hydrogen-bond donors (Lipinski definition) is 3. The van der Waals surface area contributed by atoms with Crippen LogP contribution >= 0.6 is 0 Å². The fourth-order valence-corrected chi connectivity index (χ4v) is 2.10. The third-order valence-electron chi connectivity index (χ3n) is 3.58. The smallest absolute Gasteiger partial charge is 0.251 e. The predicted molar refractivity (Wildman–Crippen MR) is 95.0 cm³/mol. The highest BCUT2D eigenvalue weighted by molar-refractivity contribution is 5.95. The Morgan fingerprint density at radius 3 is 2.32 bits per heavy atom. The monoisotopic (exact) mass is 350 g/mol. The number of amides is 2. The van der Waals surface area contributed by atoms with E-state index in [2.05, 4.69) is 10.6 Å². The molecule has 1 rings (SSSR count). The Hall–Kier alpha value is -2.54. The van der Waals surface area contributed by atoms with Gasteiger partial charge in [-0.25, -0.2) is 0 Å². The summed E-state index contributed by atoms with van der Waals surface area (Å²) in [7, 11) is 3.06. The maximum Gasteiger partial charge on any atom is 0.251 e. The number of carbonyl (C=O) groups is 2. The van der Waals surface area contributed by atoms with Crippen LogP contribution in [0, 0.1) is 0 Å².